The summed E-state index contributed by atoms with van der Waals surface area (Å²) in [5.41, 5.74) is 2.70. The molecule has 43 heavy (non-hydrogen) atoms. The molecule has 4 N–H and O–H groups in total. The highest BCUT2D eigenvalue weighted by molar-refractivity contribution is 5.79. The van der Waals surface area contributed by atoms with Crippen molar-refractivity contribution in [1.29, 1.82) is 0 Å². The van der Waals surface area contributed by atoms with Crippen molar-refractivity contribution in [3.05, 3.63) is 139 Å². The normalized spacial score (nSPS) is 21.3. The summed E-state index contributed by atoms with van der Waals surface area (Å²) in [5, 5.41) is 47.4. The van der Waals surface area contributed by atoms with E-state index in [1.54, 1.807) is 12.1 Å². The number of anilines is 5. The van der Waals surface area contributed by atoms with E-state index in [0.29, 0.717) is 5.69 Å². The van der Waals surface area contributed by atoms with Crippen LogP contribution in [0.3, 0.4) is 0 Å². The molecular weight excluding hydrogens is 536 g/mol. The van der Waals surface area contributed by atoms with E-state index in [1.807, 2.05) is 145 Å². The predicted molar refractivity (Wildman–Crippen MR) is 172 cm³/mol. The van der Waals surface area contributed by atoms with Gasteiger partial charge in [-0.05, 0) is 54.4 Å². The van der Waals surface area contributed by atoms with Gasteiger partial charge >= 0.3 is 0 Å². The Balaban J connectivity index is 1.45. The van der Waals surface area contributed by atoms with Gasteiger partial charge < -0.3 is 30.2 Å². The van der Waals surface area contributed by atoms with Gasteiger partial charge in [0.05, 0.1) is 29.4 Å². The zero-order chi connectivity index (χ0) is 30.1. The van der Waals surface area contributed by atoms with Crippen molar-refractivity contribution >= 4 is 28.4 Å². The van der Waals surface area contributed by atoms with E-state index in [4.69, 9.17) is 0 Å². The van der Waals surface area contributed by atoms with Crippen LogP contribution in [0.4, 0.5) is 28.4 Å². The third-order valence-electron chi connectivity index (χ3n) is 8.75. The fourth-order valence-electron chi connectivity index (χ4n) is 6.79. The summed E-state index contributed by atoms with van der Waals surface area (Å²) in [4.78, 5) is 3.87. The number of para-hydroxylation sites is 4. The smallest absolute Gasteiger partial charge is 0.125 e. The standard InChI is InChI=1S/C37H36N2O4/c1-25(2)37(35(42)34(36(37)43)39(28-19-11-5-12-20-28)29-21-13-6-14-22-29)33-31(40)23-30(24-32(33)41)38(26-15-7-3-8-16-26)27-17-9-4-10-18-27/h3-25,34-36,40-43H,1-2H3. The van der Waals surface area contributed by atoms with Crippen molar-refractivity contribution in [3.8, 4) is 11.5 Å². The molecule has 1 aliphatic rings. The van der Waals surface area contributed by atoms with Crippen LogP contribution >= 0.6 is 0 Å². The van der Waals surface area contributed by atoms with Crippen LogP contribution in [0.5, 0.6) is 11.5 Å². The molecule has 2 atom stereocenters. The maximum absolute atomic E-state index is 12.1. The van der Waals surface area contributed by atoms with Gasteiger partial charge in [0.1, 0.15) is 11.5 Å². The quantitative estimate of drug-likeness (QED) is 0.155. The Morgan fingerprint density at radius 2 is 0.884 bits per heavy atom. The molecule has 5 aromatic rings. The Labute approximate surface area is 252 Å². The van der Waals surface area contributed by atoms with Gasteiger partial charge in [-0.2, -0.15) is 0 Å². The Morgan fingerprint density at radius 1 is 0.535 bits per heavy atom. The molecule has 0 heterocycles. The van der Waals surface area contributed by atoms with Crippen molar-refractivity contribution in [2.24, 2.45) is 5.92 Å². The van der Waals surface area contributed by atoms with E-state index in [-0.39, 0.29) is 23.0 Å². The van der Waals surface area contributed by atoms with Crippen LogP contribution in [-0.2, 0) is 5.41 Å². The monoisotopic (exact) mass is 572 g/mol. The number of nitrogens with zero attached hydrogens (tertiary/aromatic N) is 2. The average molecular weight is 573 g/mol. The zero-order valence-electron chi connectivity index (χ0n) is 24.2. The summed E-state index contributed by atoms with van der Waals surface area (Å²) in [5.74, 6) is -0.713. The van der Waals surface area contributed by atoms with E-state index in [2.05, 4.69) is 0 Å². The lowest BCUT2D eigenvalue weighted by atomic mass is 9.51. The Morgan fingerprint density at radius 3 is 1.23 bits per heavy atom. The number of aliphatic hydroxyl groups excluding tert-OH is 2. The number of hydrogen-bond donors (Lipinski definition) is 4. The number of benzene rings is 5. The minimum absolute atomic E-state index is 0.143. The van der Waals surface area contributed by atoms with Crippen molar-refractivity contribution in [3.63, 3.8) is 0 Å². The zero-order valence-corrected chi connectivity index (χ0v) is 24.2. The minimum Gasteiger partial charge on any atom is -0.507 e. The van der Waals surface area contributed by atoms with Crippen LogP contribution in [0.2, 0.25) is 0 Å². The molecule has 1 aliphatic carbocycles. The predicted octanol–water partition coefficient (Wildman–Crippen LogP) is 7.40. The molecule has 0 amide bonds. The van der Waals surface area contributed by atoms with Gasteiger partial charge in [0.15, 0.2) is 0 Å². The minimum atomic E-state index is -1.33. The molecule has 2 unspecified atom stereocenters. The molecule has 218 valence electrons. The molecule has 0 aliphatic heterocycles. The molecule has 0 spiro atoms. The van der Waals surface area contributed by atoms with Crippen molar-refractivity contribution < 1.29 is 20.4 Å². The second-order valence-electron chi connectivity index (χ2n) is 11.4. The third kappa shape index (κ3) is 4.69. The van der Waals surface area contributed by atoms with E-state index < -0.39 is 23.7 Å². The van der Waals surface area contributed by atoms with Gasteiger partial charge in [-0.1, -0.05) is 86.6 Å². The van der Waals surface area contributed by atoms with E-state index in [1.165, 1.54) is 0 Å². The maximum atomic E-state index is 12.1. The Kier molecular flexibility index (Phi) is 7.57. The number of aromatic hydroxyl groups is 2. The van der Waals surface area contributed by atoms with Gasteiger partial charge in [-0.3, -0.25) is 0 Å². The topological polar surface area (TPSA) is 87.4 Å². The molecule has 6 nitrogen and oxygen atoms in total. The molecule has 6 heteroatoms. The summed E-state index contributed by atoms with van der Waals surface area (Å²) < 4.78 is 0. The van der Waals surface area contributed by atoms with Crippen LogP contribution in [0.15, 0.2) is 133 Å². The highest BCUT2D eigenvalue weighted by Gasteiger charge is 2.67. The number of phenols is 2. The van der Waals surface area contributed by atoms with Crippen molar-refractivity contribution in [2.45, 2.75) is 37.5 Å². The highest BCUT2D eigenvalue weighted by atomic mass is 16.3. The molecule has 1 saturated carbocycles. The maximum Gasteiger partial charge on any atom is 0.125 e. The van der Waals surface area contributed by atoms with Gasteiger partial charge in [0, 0.05) is 40.4 Å². The van der Waals surface area contributed by atoms with E-state index >= 15 is 0 Å². The van der Waals surface area contributed by atoms with Gasteiger partial charge in [0.2, 0.25) is 0 Å². The van der Waals surface area contributed by atoms with Crippen LogP contribution in [0.25, 0.3) is 0 Å². The summed E-state index contributed by atoms with van der Waals surface area (Å²) in [6.45, 7) is 3.79. The first-order valence-corrected chi connectivity index (χ1v) is 14.6. The fraction of sp³-hybridized carbons (Fsp3) is 0.189. The average Bonchev–Trinajstić information content (AvgIpc) is 3.03. The fourth-order valence-corrected chi connectivity index (χ4v) is 6.79. The molecule has 0 radical (unpaired) electrons. The summed E-state index contributed by atoms with van der Waals surface area (Å²) in [7, 11) is 0. The van der Waals surface area contributed by atoms with Gasteiger partial charge in [-0.15, -0.1) is 0 Å². The lowest BCUT2D eigenvalue weighted by Gasteiger charge is -2.62. The van der Waals surface area contributed by atoms with Crippen LogP contribution in [0.1, 0.15) is 19.4 Å². The molecular formula is C37H36N2O4. The number of hydrogen-bond acceptors (Lipinski definition) is 6. The Hall–Kier alpha value is -4.78. The first-order valence-electron chi connectivity index (χ1n) is 14.6. The van der Waals surface area contributed by atoms with Gasteiger partial charge in [0.25, 0.3) is 0 Å². The second-order valence-corrected chi connectivity index (χ2v) is 11.4. The molecule has 1 fully saturated rings. The van der Waals surface area contributed by atoms with E-state index in [0.717, 1.165) is 22.7 Å². The molecule has 0 bridgehead atoms. The third-order valence-corrected chi connectivity index (χ3v) is 8.75. The first kappa shape index (κ1) is 28.3. The number of aliphatic hydroxyl groups is 2. The summed E-state index contributed by atoms with van der Waals surface area (Å²) in [6.07, 6.45) is -2.24. The molecule has 0 aromatic heterocycles. The van der Waals surface area contributed by atoms with Crippen LogP contribution < -0.4 is 9.80 Å². The van der Waals surface area contributed by atoms with Crippen molar-refractivity contribution in [2.75, 3.05) is 9.80 Å². The van der Waals surface area contributed by atoms with E-state index in [9.17, 15) is 20.4 Å². The Bertz CT molecular complexity index is 1550. The van der Waals surface area contributed by atoms with Crippen LogP contribution in [0, 0.1) is 5.92 Å². The number of rotatable bonds is 8. The van der Waals surface area contributed by atoms with Crippen LogP contribution in [-0.4, -0.2) is 38.7 Å². The SMILES string of the molecule is CC(C)C1(c2c(O)cc(N(c3ccccc3)c3ccccc3)cc2O)C(O)C(N(c2ccccc2)c2ccccc2)C1O. The summed E-state index contributed by atoms with van der Waals surface area (Å²) >= 11 is 0. The first-order chi connectivity index (χ1) is 20.9. The highest BCUT2D eigenvalue weighted by Crippen LogP contribution is 2.58. The lowest BCUT2D eigenvalue weighted by molar-refractivity contribution is -0.157. The van der Waals surface area contributed by atoms with Gasteiger partial charge in [-0.25, -0.2) is 0 Å². The number of phenolic OH excluding ortho intramolecular Hbond substituents is 2. The molecule has 6 rings (SSSR count). The molecule has 0 saturated heterocycles. The molecule has 5 aromatic carbocycles. The summed E-state index contributed by atoms with van der Waals surface area (Å²) in [6, 6.07) is 41.1. The second kappa shape index (κ2) is 11.5. The lowest BCUT2D eigenvalue weighted by Crippen LogP contribution is -2.77. The largest absolute Gasteiger partial charge is 0.507 e. The van der Waals surface area contributed by atoms with Crippen molar-refractivity contribution in [1.82, 2.24) is 0 Å².